The maximum absolute atomic E-state index is 12.2. The highest BCUT2D eigenvalue weighted by Gasteiger charge is 2.18. The fraction of sp³-hybridized carbons (Fsp3) is 0.267. The van der Waals surface area contributed by atoms with Crippen molar-refractivity contribution >= 4 is 17.1 Å². The van der Waals surface area contributed by atoms with E-state index in [4.69, 9.17) is 4.74 Å². The molecule has 3 heteroatoms. The van der Waals surface area contributed by atoms with Crippen LogP contribution in [0.15, 0.2) is 47.8 Å². The number of carbonyl (C=O) groups is 1. The molecule has 0 aliphatic carbocycles. The van der Waals surface area contributed by atoms with Crippen molar-refractivity contribution in [3.8, 4) is 0 Å². The molecule has 0 aliphatic rings. The van der Waals surface area contributed by atoms with Crippen molar-refractivity contribution in [3.05, 3.63) is 58.3 Å². The molecule has 0 saturated heterocycles. The predicted octanol–water partition coefficient (Wildman–Crippen LogP) is 3.93. The number of Topliss-reactive ketones (excluding diaryl/α,β-unsaturated/α-hetero) is 1. The van der Waals surface area contributed by atoms with Crippen LogP contribution in [-0.4, -0.2) is 11.9 Å². The average molecular weight is 260 g/mol. The lowest BCUT2D eigenvalue weighted by Gasteiger charge is -2.14. The molecule has 2 nitrogen and oxygen atoms in total. The first-order valence-electron chi connectivity index (χ1n) is 6.04. The molecule has 0 N–H and O–H groups in total. The van der Waals surface area contributed by atoms with Crippen LogP contribution < -0.4 is 0 Å². The molecule has 94 valence electrons. The summed E-state index contributed by atoms with van der Waals surface area (Å²) in [4.78, 5) is 13.4. The summed E-state index contributed by atoms with van der Waals surface area (Å²) in [6.07, 6.45) is 0.341. The van der Waals surface area contributed by atoms with Gasteiger partial charge >= 0.3 is 0 Å². The second-order valence-corrected chi connectivity index (χ2v) is 5.05. The lowest BCUT2D eigenvalue weighted by Crippen LogP contribution is -2.23. The van der Waals surface area contributed by atoms with Gasteiger partial charge in [-0.1, -0.05) is 43.3 Å². The molecule has 0 fully saturated rings. The molecule has 2 aromatic rings. The molecule has 0 radical (unpaired) electrons. The van der Waals surface area contributed by atoms with Gasteiger partial charge in [-0.2, -0.15) is 0 Å². The van der Waals surface area contributed by atoms with Gasteiger partial charge in [0.1, 0.15) is 6.10 Å². The second-order valence-electron chi connectivity index (χ2n) is 4.02. The number of ketones is 1. The Balaban J connectivity index is 1.98. The SMILES string of the molecule is CCC(OCc1cccs1)C(=O)c1ccccc1. The van der Waals surface area contributed by atoms with Crippen LogP contribution in [0.5, 0.6) is 0 Å². The Kier molecular flexibility index (Phi) is 4.67. The van der Waals surface area contributed by atoms with E-state index < -0.39 is 0 Å². The molecular formula is C15H16O2S. The maximum Gasteiger partial charge on any atom is 0.191 e. The van der Waals surface area contributed by atoms with Crippen molar-refractivity contribution in [2.24, 2.45) is 0 Å². The second kappa shape index (κ2) is 6.47. The van der Waals surface area contributed by atoms with E-state index >= 15 is 0 Å². The quantitative estimate of drug-likeness (QED) is 0.736. The minimum atomic E-state index is -0.352. The highest BCUT2D eigenvalue weighted by Crippen LogP contribution is 2.14. The van der Waals surface area contributed by atoms with Crippen molar-refractivity contribution in [2.75, 3.05) is 0 Å². The molecule has 0 spiro atoms. The van der Waals surface area contributed by atoms with Crippen molar-refractivity contribution in [1.82, 2.24) is 0 Å². The molecule has 0 amide bonds. The summed E-state index contributed by atoms with van der Waals surface area (Å²) in [6, 6.07) is 13.3. The lowest BCUT2D eigenvalue weighted by molar-refractivity contribution is 0.0335. The Labute approximate surface area is 111 Å². The monoisotopic (exact) mass is 260 g/mol. The van der Waals surface area contributed by atoms with Crippen molar-refractivity contribution in [2.45, 2.75) is 26.1 Å². The summed E-state index contributed by atoms with van der Waals surface area (Å²) >= 11 is 1.65. The normalized spacial score (nSPS) is 12.3. The van der Waals surface area contributed by atoms with Crippen LogP contribution in [-0.2, 0) is 11.3 Å². The predicted molar refractivity (Wildman–Crippen MR) is 74.0 cm³/mol. The molecule has 1 atom stereocenters. The van der Waals surface area contributed by atoms with Crippen LogP contribution in [0.25, 0.3) is 0 Å². The van der Waals surface area contributed by atoms with Crippen LogP contribution in [0, 0.1) is 0 Å². The fourth-order valence-corrected chi connectivity index (χ4v) is 2.37. The van der Waals surface area contributed by atoms with E-state index in [2.05, 4.69) is 0 Å². The van der Waals surface area contributed by atoms with Crippen molar-refractivity contribution in [1.29, 1.82) is 0 Å². The van der Waals surface area contributed by atoms with Gasteiger partial charge in [-0.15, -0.1) is 11.3 Å². The molecular weight excluding hydrogens is 244 g/mol. The highest BCUT2D eigenvalue weighted by molar-refractivity contribution is 7.09. The van der Waals surface area contributed by atoms with Crippen molar-refractivity contribution < 1.29 is 9.53 Å². The first-order chi connectivity index (χ1) is 8.81. The van der Waals surface area contributed by atoms with Crippen LogP contribution in [0.1, 0.15) is 28.6 Å². The Morgan fingerprint density at radius 3 is 2.61 bits per heavy atom. The number of hydrogen-bond acceptors (Lipinski definition) is 3. The third-order valence-electron chi connectivity index (χ3n) is 2.73. The fourth-order valence-electron chi connectivity index (χ4n) is 1.74. The summed E-state index contributed by atoms with van der Waals surface area (Å²) in [5.41, 5.74) is 0.718. The first-order valence-corrected chi connectivity index (χ1v) is 6.92. The summed E-state index contributed by atoms with van der Waals surface area (Å²) in [6.45, 7) is 2.48. The van der Waals surface area contributed by atoms with Gasteiger partial charge in [0.05, 0.1) is 6.61 Å². The molecule has 1 unspecified atom stereocenters. The van der Waals surface area contributed by atoms with E-state index in [1.807, 2.05) is 54.8 Å². The van der Waals surface area contributed by atoms with E-state index in [0.717, 1.165) is 10.4 Å². The summed E-state index contributed by atoms with van der Waals surface area (Å²) in [5, 5.41) is 2.01. The summed E-state index contributed by atoms with van der Waals surface area (Å²) in [7, 11) is 0. The molecule has 1 heterocycles. The van der Waals surface area contributed by atoms with Gasteiger partial charge in [-0.25, -0.2) is 0 Å². The van der Waals surface area contributed by atoms with Gasteiger partial charge in [0.15, 0.2) is 5.78 Å². The molecule has 2 rings (SSSR count). The van der Waals surface area contributed by atoms with Gasteiger partial charge < -0.3 is 4.74 Å². The van der Waals surface area contributed by atoms with Gasteiger partial charge in [0, 0.05) is 10.4 Å². The Hall–Kier alpha value is -1.45. The van der Waals surface area contributed by atoms with Crippen LogP contribution >= 0.6 is 11.3 Å². The molecule has 1 aromatic carbocycles. The van der Waals surface area contributed by atoms with Crippen molar-refractivity contribution in [3.63, 3.8) is 0 Å². The Bertz CT molecular complexity index is 476. The highest BCUT2D eigenvalue weighted by atomic mass is 32.1. The van der Waals surface area contributed by atoms with Gasteiger partial charge in [0.2, 0.25) is 0 Å². The zero-order valence-electron chi connectivity index (χ0n) is 10.3. The Morgan fingerprint density at radius 1 is 1.22 bits per heavy atom. The third kappa shape index (κ3) is 3.28. The number of ether oxygens (including phenoxy) is 1. The number of rotatable bonds is 6. The minimum Gasteiger partial charge on any atom is -0.365 e. The smallest absolute Gasteiger partial charge is 0.191 e. The first kappa shape index (κ1) is 13.0. The van der Waals surface area contributed by atoms with Gasteiger partial charge in [-0.3, -0.25) is 4.79 Å². The molecule has 0 saturated carbocycles. The summed E-state index contributed by atoms with van der Waals surface area (Å²) in [5.74, 6) is 0.0645. The maximum atomic E-state index is 12.2. The molecule has 0 bridgehead atoms. The van der Waals surface area contributed by atoms with E-state index in [1.165, 1.54) is 0 Å². The topological polar surface area (TPSA) is 26.3 Å². The number of hydrogen-bond donors (Lipinski definition) is 0. The summed E-state index contributed by atoms with van der Waals surface area (Å²) < 4.78 is 5.71. The van der Waals surface area contributed by atoms with Gasteiger partial charge in [-0.05, 0) is 17.9 Å². The standard InChI is InChI=1S/C15H16O2S/c1-2-14(17-11-13-9-6-10-18-13)15(16)12-7-4-3-5-8-12/h3-10,14H,2,11H2,1H3. The molecule has 0 aliphatic heterocycles. The Morgan fingerprint density at radius 2 is 2.00 bits per heavy atom. The number of benzene rings is 1. The number of thiophene rings is 1. The molecule has 1 aromatic heterocycles. The zero-order chi connectivity index (χ0) is 12.8. The van der Waals surface area contributed by atoms with E-state index in [9.17, 15) is 4.79 Å². The van der Waals surface area contributed by atoms with Gasteiger partial charge in [0.25, 0.3) is 0 Å². The largest absolute Gasteiger partial charge is 0.365 e. The van der Waals surface area contributed by atoms with Crippen LogP contribution in [0.2, 0.25) is 0 Å². The third-order valence-corrected chi connectivity index (χ3v) is 3.58. The average Bonchev–Trinajstić information content (AvgIpc) is 2.93. The van der Waals surface area contributed by atoms with Crippen LogP contribution in [0.4, 0.5) is 0 Å². The van der Waals surface area contributed by atoms with E-state index in [0.29, 0.717) is 13.0 Å². The lowest BCUT2D eigenvalue weighted by atomic mass is 10.0. The van der Waals surface area contributed by atoms with Crippen LogP contribution in [0.3, 0.4) is 0 Å². The molecule has 18 heavy (non-hydrogen) atoms. The van der Waals surface area contributed by atoms with E-state index in [1.54, 1.807) is 11.3 Å². The van der Waals surface area contributed by atoms with E-state index in [-0.39, 0.29) is 11.9 Å². The minimum absolute atomic E-state index is 0.0645. The number of carbonyl (C=O) groups excluding carboxylic acids is 1. The zero-order valence-corrected chi connectivity index (χ0v) is 11.2.